The van der Waals surface area contributed by atoms with Gasteiger partial charge in [-0.3, -0.25) is 4.79 Å². The molecule has 0 aliphatic carbocycles. The second-order valence-corrected chi connectivity index (χ2v) is 3.00. The highest BCUT2D eigenvalue weighted by Crippen LogP contribution is 2.25. The average Bonchev–Trinajstić information content (AvgIpc) is 2.08. The highest BCUT2D eigenvalue weighted by atomic mass is 19.1. The molecule has 0 aromatic heterocycles. The first kappa shape index (κ1) is 11.2. The molecule has 4 nitrogen and oxygen atoms in total. The van der Waals surface area contributed by atoms with Crippen molar-refractivity contribution in [1.29, 1.82) is 0 Å². The Kier molecular flexibility index (Phi) is 3.04. The number of hydrogen-bond acceptors (Lipinski definition) is 3. The number of ether oxygens (including phenoxy) is 1. The van der Waals surface area contributed by atoms with E-state index in [0.29, 0.717) is 0 Å². The van der Waals surface area contributed by atoms with Crippen LogP contribution in [0.3, 0.4) is 0 Å². The number of aryl methyl sites for hydroxylation is 1. The fourth-order valence-corrected chi connectivity index (χ4v) is 1.17. The van der Waals surface area contributed by atoms with E-state index in [2.05, 4.69) is 0 Å². The third-order valence-electron chi connectivity index (χ3n) is 1.72. The summed E-state index contributed by atoms with van der Waals surface area (Å²) < 4.78 is 17.6. The van der Waals surface area contributed by atoms with E-state index in [4.69, 9.17) is 9.84 Å². The van der Waals surface area contributed by atoms with Crippen molar-refractivity contribution in [3.8, 4) is 5.75 Å². The van der Waals surface area contributed by atoms with Crippen LogP contribution >= 0.6 is 0 Å². The largest absolute Gasteiger partial charge is 0.478 e. The molecule has 0 saturated carbocycles. The zero-order valence-electron chi connectivity index (χ0n) is 8.20. The number of hydrogen-bond donors (Lipinski definition) is 1. The smallest absolute Gasteiger partial charge is 0.339 e. The molecular formula is C10H9FO4. The fraction of sp³-hybridized carbons (Fsp3) is 0.200. The molecule has 0 unspecified atom stereocenters. The molecule has 0 aliphatic heterocycles. The second-order valence-electron chi connectivity index (χ2n) is 3.00. The van der Waals surface area contributed by atoms with Crippen LogP contribution in [0.5, 0.6) is 5.75 Å². The summed E-state index contributed by atoms with van der Waals surface area (Å²) in [6, 6.07) is 1.91. The maximum Gasteiger partial charge on any atom is 0.339 e. The van der Waals surface area contributed by atoms with Crippen LogP contribution in [0, 0.1) is 12.7 Å². The van der Waals surface area contributed by atoms with Crippen LogP contribution < -0.4 is 4.74 Å². The van der Waals surface area contributed by atoms with E-state index < -0.39 is 17.8 Å². The first-order valence-corrected chi connectivity index (χ1v) is 4.13. The molecule has 0 heterocycles. The molecule has 0 radical (unpaired) electrons. The van der Waals surface area contributed by atoms with Crippen molar-refractivity contribution in [3.63, 3.8) is 0 Å². The minimum absolute atomic E-state index is 0.114. The molecule has 1 N–H and O–H groups in total. The van der Waals surface area contributed by atoms with Crippen molar-refractivity contribution >= 4 is 11.9 Å². The van der Waals surface area contributed by atoms with Crippen LogP contribution in [0.15, 0.2) is 12.1 Å². The summed E-state index contributed by atoms with van der Waals surface area (Å²) in [5.74, 6) is -2.78. The molecule has 5 heteroatoms. The lowest BCUT2D eigenvalue weighted by Crippen LogP contribution is -2.09. The molecule has 1 rings (SSSR count). The second kappa shape index (κ2) is 4.08. The van der Waals surface area contributed by atoms with Crippen molar-refractivity contribution in [3.05, 3.63) is 29.1 Å². The zero-order valence-corrected chi connectivity index (χ0v) is 8.20. The first-order chi connectivity index (χ1) is 6.91. The van der Waals surface area contributed by atoms with Crippen LogP contribution in [-0.4, -0.2) is 17.0 Å². The quantitative estimate of drug-likeness (QED) is 0.599. The van der Waals surface area contributed by atoms with Crippen molar-refractivity contribution in [1.82, 2.24) is 0 Å². The molecule has 0 aliphatic rings. The van der Waals surface area contributed by atoms with E-state index in [9.17, 15) is 14.0 Å². The van der Waals surface area contributed by atoms with Crippen LogP contribution in [0.25, 0.3) is 0 Å². The van der Waals surface area contributed by atoms with Gasteiger partial charge in [0, 0.05) is 6.92 Å². The Bertz CT molecular complexity index is 426. The number of esters is 1. The van der Waals surface area contributed by atoms with Gasteiger partial charge in [0.2, 0.25) is 0 Å². The number of rotatable bonds is 2. The predicted molar refractivity (Wildman–Crippen MR) is 49.4 cm³/mol. The van der Waals surface area contributed by atoms with Crippen LogP contribution in [0.2, 0.25) is 0 Å². The molecule has 0 saturated heterocycles. The molecule has 0 bridgehead atoms. The maximum absolute atomic E-state index is 12.9. The maximum atomic E-state index is 12.9. The number of carboxylic acids is 1. The third-order valence-corrected chi connectivity index (χ3v) is 1.72. The Hall–Kier alpha value is -1.91. The number of carbonyl (C=O) groups is 2. The SMILES string of the molecule is CC(=O)Oc1c(C)cc(F)cc1C(=O)O. The first-order valence-electron chi connectivity index (χ1n) is 4.13. The lowest BCUT2D eigenvalue weighted by atomic mass is 10.1. The fourth-order valence-electron chi connectivity index (χ4n) is 1.17. The van der Waals surface area contributed by atoms with Crippen molar-refractivity contribution in [2.24, 2.45) is 0 Å². The predicted octanol–water partition coefficient (Wildman–Crippen LogP) is 1.76. The number of carboxylic acid groups (broad SMARTS) is 1. The Labute approximate surface area is 85.3 Å². The van der Waals surface area contributed by atoms with Gasteiger partial charge in [-0.2, -0.15) is 0 Å². The Morgan fingerprint density at radius 3 is 2.47 bits per heavy atom. The molecule has 80 valence electrons. The van der Waals surface area contributed by atoms with Crippen LogP contribution in [0.4, 0.5) is 4.39 Å². The normalized spacial score (nSPS) is 9.80. The standard InChI is InChI=1S/C10H9FO4/c1-5-3-7(11)4-8(10(13)14)9(5)15-6(2)12/h3-4H,1-2H3,(H,13,14). The molecule has 0 atom stereocenters. The average molecular weight is 212 g/mol. The monoisotopic (exact) mass is 212 g/mol. The number of benzene rings is 1. The molecule has 15 heavy (non-hydrogen) atoms. The zero-order chi connectivity index (χ0) is 11.6. The van der Waals surface area contributed by atoms with E-state index in [1.807, 2.05) is 0 Å². The number of carbonyl (C=O) groups excluding carboxylic acids is 1. The molecule has 0 spiro atoms. The van der Waals surface area contributed by atoms with E-state index in [0.717, 1.165) is 19.1 Å². The lowest BCUT2D eigenvalue weighted by Gasteiger charge is -2.08. The Morgan fingerprint density at radius 2 is 2.00 bits per heavy atom. The van der Waals surface area contributed by atoms with Crippen molar-refractivity contribution in [2.75, 3.05) is 0 Å². The summed E-state index contributed by atoms with van der Waals surface area (Å²) in [5.41, 5.74) is -0.0923. The summed E-state index contributed by atoms with van der Waals surface area (Å²) in [4.78, 5) is 21.5. The van der Waals surface area contributed by atoms with Gasteiger partial charge in [0.15, 0.2) is 0 Å². The summed E-state index contributed by atoms with van der Waals surface area (Å²) in [7, 11) is 0. The molecular weight excluding hydrogens is 203 g/mol. The van der Waals surface area contributed by atoms with Gasteiger partial charge in [-0.05, 0) is 24.6 Å². The Morgan fingerprint density at radius 1 is 1.40 bits per heavy atom. The van der Waals surface area contributed by atoms with Crippen LogP contribution in [0.1, 0.15) is 22.8 Å². The van der Waals surface area contributed by atoms with E-state index in [1.165, 1.54) is 6.92 Å². The summed E-state index contributed by atoms with van der Waals surface area (Å²) in [6.07, 6.45) is 0. The van der Waals surface area contributed by atoms with Gasteiger partial charge in [-0.25, -0.2) is 9.18 Å². The van der Waals surface area contributed by atoms with Gasteiger partial charge in [-0.1, -0.05) is 0 Å². The summed E-state index contributed by atoms with van der Waals surface area (Å²) in [5, 5.41) is 8.77. The summed E-state index contributed by atoms with van der Waals surface area (Å²) in [6.45, 7) is 2.61. The van der Waals surface area contributed by atoms with E-state index >= 15 is 0 Å². The highest BCUT2D eigenvalue weighted by molar-refractivity contribution is 5.92. The molecule has 1 aromatic carbocycles. The summed E-state index contributed by atoms with van der Waals surface area (Å²) >= 11 is 0. The topological polar surface area (TPSA) is 63.6 Å². The van der Waals surface area contributed by atoms with Gasteiger partial charge < -0.3 is 9.84 Å². The van der Waals surface area contributed by atoms with E-state index in [-0.39, 0.29) is 16.9 Å². The van der Waals surface area contributed by atoms with E-state index in [1.54, 1.807) is 0 Å². The van der Waals surface area contributed by atoms with Crippen molar-refractivity contribution in [2.45, 2.75) is 13.8 Å². The Balaban J connectivity index is 3.33. The number of aromatic carboxylic acids is 1. The lowest BCUT2D eigenvalue weighted by molar-refractivity contribution is -0.131. The highest BCUT2D eigenvalue weighted by Gasteiger charge is 2.17. The molecule has 0 amide bonds. The number of halogens is 1. The van der Waals surface area contributed by atoms with Gasteiger partial charge in [0.1, 0.15) is 17.1 Å². The van der Waals surface area contributed by atoms with Gasteiger partial charge in [0.05, 0.1) is 0 Å². The molecule has 0 fully saturated rings. The molecule has 1 aromatic rings. The van der Waals surface area contributed by atoms with Gasteiger partial charge >= 0.3 is 11.9 Å². The minimum atomic E-state index is -1.34. The van der Waals surface area contributed by atoms with Gasteiger partial charge in [0.25, 0.3) is 0 Å². The van der Waals surface area contributed by atoms with Crippen molar-refractivity contribution < 1.29 is 23.8 Å². The third kappa shape index (κ3) is 2.52. The van der Waals surface area contributed by atoms with Gasteiger partial charge in [-0.15, -0.1) is 0 Å². The minimum Gasteiger partial charge on any atom is -0.478 e. The van der Waals surface area contributed by atoms with Crippen LogP contribution in [-0.2, 0) is 4.79 Å².